The molecule has 2 heteroatoms. The summed E-state index contributed by atoms with van der Waals surface area (Å²) in [6.07, 6.45) is 13.2. The number of hydrogen-bond acceptors (Lipinski definition) is 2. The zero-order valence-corrected chi connectivity index (χ0v) is 19.7. The van der Waals surface area contributed by atoms with Crippen molar-refractivity contribution in [1.29, 1.82) is 0 Å². The monoisotopic (exact) mass is 415 g/mol. The molecule has 3 aliphatic rings. The lowest BCUT2D eigenvalue weighted by Crippen LogP contribution is -2.35. The van der Waals surface area contributed by atoms with Gasteiger partial charge in [-0.15, -0.1) is 0 Å². The van der Waals surface area contributed by atoms with Crippen molar-refractivity contribution in [3.05, 3.63) is 47.5 Å². The van der Waals surface area contributed by atoms with Crippen molar-refractivity contribution in [3.8, 4) is 0 Å². The smallest absolute Gasteiger partial charge is 0.0651 e. The summed E-state index contributed by atoms with van der Waals surface area (Å²) < 4.78 is 24.4. The highest BCUT2D eigenvalue weighted by atomic mass is 16.3. The van der Waals surface area contributed by atoms with Crippen molar-refractivity contribution in [2.75, 3.05) is 0 Å². The van der Waals surface area contributed by atoms with Crippen molar-refractivity contribution in [3.63, 3.8) is 0 Å². The van der Waals surface area contributed by atoms with E-state index >= 15 is 0 Å². The van der Waals surface area contributed by atoms with E-state index in [1.54, 1.807) is 0 Å². The van der Waals surface area contributed by atoms with Gasteiger partial charge < -0.3 is 10.2 Å². The Balaban J connectivity index is 1.85. The summed E-state index contributed by atoms with van der Waals surface area (Å²) in [5, 5.41) is 20.4. The summed E-state index contributed by atoms with van der Waals surface area (Å²) in [5.41, 5.74) is 2.16. The van der Waals surface area contributed by atoms with E-state index < -0.39 is 11.7 Å². The molecule has 168 valence electrons. The van der Waals surface area contributed by atoms with E-state index in [-0.39, 0.29) is 17.9 Å². The number of aliphatic hydroxyl groups is 2. The highest BCUT2D eigenvalue weighted by Crippen LogP contribution is 2.59. The molecule has 0 heterocycles. The minimum absolute atomic E-state index is 0.108. The predicted molar refractivity (Wildman–Crippen MR) is 127 cm³/mol. The number of rotatable bonds is 5. The van der Waals surface area contributed by atoms with Gasteiger partial charge in [-0.2, -0.15) is 0 Å². The van der Waals surface area contributed by atoms with E-state index in [1.165, 1.54) is 18.4 Å². The molecule has 0 radical (unpaired) electrons. The molecule has 2 N–H and O–H groups in total. The molecule has 3 saturated carbocycles. The van der Waals surface area contributed by atoms with E-state index in [2.05, 4.69) is 32.9 Å². The molecular weight excluding hydrogens is 368 g/mol. The Morgan fingerprint density at radius 3 is 2.70 bits per heavy atom. The molecular formula is C28H44O2. The summed E-state index contributed by atoms with van der Waals surface area (Å²) in [4.78, 5) is 0. The molecule has 3 rings (SSSR count). The van der Waals surface area contributed by atoms with Gasteiger partial charge in [0.2, 0.25) is 0 Å². The van der Waals surface area contributed by atoms with Crippen LogP contribution < -0.4 is 0 Å². The second-order valence-corrected chi connectivity index (χ2v) is 11.0. The van der Waals surface area contributed by atoms with Crippen LogP contribution in [-0.2, 0) is 0 Å². The number of fused-ring (bicyclic) bond motifs is 1. The zero-order valence-electron chi connectivity index (χ0n) is 22.7. The molecule has 6 atom stereocenters. The van der Waals surface area contributed by atoms with Crippen LogP contribution in [0.3, 0.4) is 0 Å². The van der Waals surface area contributed by atoms with Gasteiger partial charge >= 0.3 is 0 Å². The van der Waals surface area contributed by atoms with Crippen LogP contribution in [0.4, 0.5) is 0 Å². The van der Waals surface area contributed by atoms with Crippen LogP contribution in [0.5, 0.6) is 0 Å². The lowest BCUT2D eigenvalue weighted by atomic mass is 9.61. The first-order valence-corrected chi connectivity index (χ1v) is 12.0. The van der Waals surface area contributed by atoms with E-state index in [0.29, 0.717) is 54.2 Å². The largest absolute Gasteiger partial charge is 0.393 e. The Bertz CT molecular complexity index is 844. The summed E-state index contributed by atoms with van der Waals surface area (Å²) in [5.74, 6) is 1.59. The third-order valence-electron chi connectivity index (χ3n) is 8.45. The van der Waals surface area contributed by atoms with Crippen LogP contribution in [0, 0.1) is 29.1 Å². The fraction of sp³-hybridized carbons (Fsp3) is 0.714. The average molecular weight is 416 g/mol. The van der Waals surface area contributed by atoms with Gasteiger partial charge in [-0.05, 0) is 94.0 Å². The average Bonchev–Trinajstić information content (AvgIpc) is 3.08. The van der Waals surface area contributed by atoms with Crippen molar-refractivity contribution in [2.45, 2.75) is 97.7 Å². The first-order valence-electron chi connectivity index (χ1n) is 13.5. The fourth-order valence-corrected chi connectivity index (χ4v) is 6.08. The van der Waals surface area contributed by atoms with Gasteiger partial charge in [-0.3, -0.25) is 0 Å². The summed E-state index contributed by atoms with van der Waals surface area (Å²) in [7, 11) is 0. The highest BCUT2D eigenvalue weighted by molar-refractivity contribution is 5.36. The molecule has 0 aliphatic heterocycles. The molecule has 0 aromatic heterocycles. The quantitative estimate of drug-likeness (QED) is 0.487. The zero-order chi connectivity index (χ0) is 24.6. The van der Waals surface area contributed by atoms with Gasteiger partial charge in [0.1, 0.15) is 0 Å². The minimum Gasteiger partial charge on any atom is -0.393 e. The third-order valence-corrected chi connectivity index (χ3v) is 8.45. The maximum absolute atomic E-state index is 10.3. The molecule has 0 bridgehead atoms. The Kier molecular flexibility index (Phi) is 5.98. The Morgan fingerprint density at radius 1 is 1.23 bits per heavy atom. The first kappa shape index (κ1) is 19.6. The normalized spacial score (nSPS) is 39.3. The van der Waals surface area contributed by atoms with Crippen molar-refractivity contribution in [1.82, 2.24) is 0 Å². The minimum atomic E-state index is -0.713. The maximum atomic E-state index is 10.3. The summed E-state index contributed by atoms with van der Waals surface area (Å²) in [6.45, 7) is 10.3. The third kappa shape index (κ3) is 5.02. The first-order chi connectivity index (χ1) is 15.3. The van der Waals surface area contributed by atoms with Gasteiger partial charge in [0.05, 0.1) is 15.8 Å². The van der Waals surface area contributed by atoms with E-state index in [9.17, 15) is 10.2 Å². The van der Waals surface area contributed by atoms with Gasteiger partial charge in [0.25, 0.3) is 0 Å². The van der Waals surface area contributed by atoms with Crippen LogP contribution in [0.2, 0.25) is 0 Å². The number of hydrogen-bond donors (Lipinski definition) is 2. The molecule has 2 nitrogen and oxygen atoms in total. The summed E-state index contributed by atoms with van der Waals surface area (Å²) >= 11 is 0. The molecule has 0 spiro atoms. The molecule has 3 fully saturated rings. The van der Waals surface area contributed by atoms with Crippen LogP contribution in [0.15, 0.2) is 47.5 Å². The van der Waals surface area contributed by atoms with E-state index in [0.717, 1.165) is 19.3 Å². The molecule has 3 aliphatic carbocycles. The standard InChI is InChI=1S/C28H44O2/c1-19-10-14-24(29)18-23(19)13-12-22-8-7-17-28(6)25(15-16-26(22)28)20(2)9-11-21(3)27(4,5)30/h9,11-13,20-21,24-26,29-30H,1,7-8,10,14-18H2,2-6H3/b11-9+,22-12+,23-13-/t20-,21+,24+,25-,26+,28-/m1/s1/i1D2,13D. The van der Waals surface area contributed by atoms with Crippen LogP contribution in [-0.4, -0.2) is 21.9 Å². The van der Waals surface area contributed by atoms with Gasteiger partial charge in [0, 0.05) is 5.92 Å². The van der Waals surface area contributed by atoms with Crippen LogP contribution >= 0.6 is 0 Å². The lowest BCUT2D eigenvalue weighted by Gasteiger charge is -2.44. The Hall–Kier alpha value is -1.12. The van der Waals surface area contributed by atoms with Crippen LogP contribution in [0.25, 0.3) is 0 Å². The Labute approximate surface area is 189 Å². The van der Waals surface area contributed by atoms with Crippen molar-refractivity contribution in [2.24, 2.45) is 29.1 Å². The Morgan fingerprint density at radius 2 is 2.00 bits per heavy atom. The van der Waals surface area contributed by atoms with Gasteiger partial charge in [-0.25, -0.2) is 0 Å². The van der Waals surface area contributed by atoms with Crippen LogP contribution in [0.1, 0.15) is 90.1 Å². The SMILES string of the molecule is [2H]C([2H])=C1CC[C@H](O)C/C1=C([2H])/C=C1\CCC[C@]2(C)[C@@H]([C@H](C)/C=C/[C@H](C)C(C)(C)O)CC[C@@H]12. The molecule has 0 aromatic rings. The van der Waals surface area contributed by atoms with Crippen molar-refractivity contribution < 1.29 is 14.3 Å². The number of allylic oxidation sites excluding steroid dienone is 5. The van der Waals surface area contributed by atoms with Gasteiger partial charge in [-0.1, -0.05) is 62.7 Å². The topological polar surface area (TPSA) is 40.5 Å². The number of aliphatic hydroxyl groups excluding tert-OH is 1. The molecule has 0 amide bonds. The fourth-order valence-electron chi connectivity index (χ4n) is 6.08. The van der Waals surface area contributed by atoms with Gasteiger partial charge in [0.15, 0.2) is 0 Å². The lowest BCUT2D eigenvalue weighted by molar-refractivity contribution is 0.0436. The molecule has 0 saturated heterocycles. The highest BCUT2D eigenvalue weighted by Gasteiger charge is 2.50. The van der Waals surface area contributed by atoms with E-state index in [4.69, 9.17) is 4.11 Å². The molecule has 0 aromatic carbocycles. The van der Waals surface area contributed by atoms with E-state index in [1.807, 2.05) is 19.9 Å². The molecule has 0 unspecified atom stereocenters. The molecule has 30 heavy (non-hydrogen) atoms. The second kappa shape index (κ2) is 9.17. The summed E-state index contributed by atoms with van der Waals surface area (Å²) in [6, 6.07) is 0.399. The van der Waals surface area contributed by atoms with Crippen molar-refractivity contribution >= 4 is 0 Å². The second-order valence-electron chi connectivity index (χ2n) is 11.0. The maximum Gasteiger partial charge on any atom is 0.0651 e. The predicted octanol–water partition coefficient (Wildman–Crippen LogP) is 6.76.